The van der Waals surface area contributed by atoms with Gasteiger partial charge < -0.3 is 9.64 Å². The van der Waals surface area contributed by atoms with E-state index >= 15 is 0 Å². The van der Waals surface area contributed by atoms with Crippen molar-refractivity contribution >= 4 is 11.3 Å². The average molecular weight is 308 g/mol. The number of ether oxygens (including phenoxy) is 1. The van der Waals surface area contributed by atoms with Crippen molar-refractivity contribution in [1.82, 2.24) is 9.80 Å². The summed E-state index contributed by atoms with van der Waals surface area (Å²) in [4.78, 5) is 6.82. The zero-order valence-electron chi connectivity index (χ0n) is 13.6. The highest BCUT2D eigenvalue weighted by molar-refractivity contribution is 7.10. The summed E-state index contributed by atoms with van der Waals surface area (Å²) in [6, 6.07) is 2.24. The molecule has 118 valence electrons. The topological polar surface area (TPSA) is 15.7 Å². The SMILES string of the molecule is CCN1C[C@@H](COC)[C@]2(CCN(Cc3sccc3C)C2)C1. The highest BCUT2D eigenvalue weighted by atomic mass is 32.1. The van der Waals surface area contributed by atoms with E-state index in [0.717, 1.165) is 13.2 Å². The Balaban J connectivity index is 1.67. The normalized spacial score (nSPS) is 30.7. The zero-order chi connectivity index (χ0) is 14.9. The second kappa shape index (κ2) is 6.37. The lowest BCUT2D eigenvalue weighted by atomic mass is 9.78. The lowest BCUT2D eigenvalue weighted by Crippen LogP contribution is -2.36. The monoisotopic (exact) mass is 308 g/mol. The molecular weight excluding hydrogens is 280 g/mol. The second-order valence-electron chi connectivity index (χ2n) is 6.83. The van der Waals surface area contributed by atoms with Crippen LogP contribution in [0, 0.1) is 18.3 Å². The zero-order valence-corrected chi connectivity index (χ0v) is 14.4. The van der Waals surface area contributed by atoms with Crippen LogP contribution < -0.4 is 0 Å². The van der Waals surface area contributed by atoms with E-state index in [4.69, 9.17) is 4.74 Å². The molecule has 1 spiro atoms. The molecule has 0 amide bonds. The van der Waals surface area contributed by atoms with Crippen LogP contribution in [0.5, 0.6) is 0 Å². The van der Waals surface area contributed by atoms with Crippen LogP contribution in [0.4, 0.5) is 0 Å². The molecule has 2 fully saturated rings. The van der Waals surface area contributed by atoms with E-state index in [-0.39, 0.29) is 0 Å². The summed E-state index contributed by atoms with van der Waals surface area (Å²) in [5.41, 5.74) is 1.92. The number of methoxy groups -OCH3 is 1. The van der Waals surface area contributed by atoms with Crippen LogP contribution >= 0.6 is 11.3 Å². The summed E-state index contributed by atoms with van der Waals surface area (Å²) in [5.74, 6) is 0.705. The third-order valence-corrected chi connectivity index (χ3v) is 6.51. The summed E-state index contributed by atoms with van der Waals surface area (Å²) in [5, 5.41) is 2.22. The van der Waals surface area contributed by atoms with Gasteiger partial charge in [-0.2, -0.15) is 0 Å². The largest absolute Gasteiger partial charge is 0.384 e. The number of rotatable bonds is 5. The molecular formula is C17H28N2OS. The van der Waals surface area contributed by atoms with E-state index in [1.807, 2.05) is 18.4 Å². The first-order valence-corrected chi connectivity index (χ1v) is 9.01. The second-order valence-corrected chi connectivity index (χ2v) is 7.83. The van der Waals surface area contributed by atoms with Crippen molar-refractivity contribution in [3.8, 4) is 0 Å². The average Bonchev–Trinajstić information content (AvgIpc) is 3.15. The van der Waals surface area contributed by atoms with Crippen molar-refractivity contribution in [2.45, 2.75) is 26.8 Å². The fourth-order valence-electron chi connectivity index (χ4n) is 4.17. The highest BCUT2D eigenvalue weighted by Crippen LogP contribution is 2.44. The number of nitrogens with zero attached hydrogens (tertiary/aromatic N) is 2. The number of hydrogen-bond acceptors (Lipinski definition) is 4. The summed E-state index contributed by atoms with van der Waals surface area (Å²) in [7, 11) is 1.85. The molecule has 1 aromatic rings. The minimum Gasteiger partial charge on any atom is -0.384 e. The van der Waals surface area contributed by atoms with Gasteiger partial charge in [0.25, 0.3) is 0 Å². The predicted octanol–water partition coefficient (Wildman–Crippen LogP) is 2.85. The minimum absolute atomic E-state index is 0.469. The molecule has 2 aliphatic rings. The molecule has 2 aliphatic heterocycles. The van der Waals surface area contributed by atoms with Crippen LogP contribution in [0.25, 0.3) is 0 Å². The molecule has 0 aromatic carbocycles. The van der Waals surface area contributed by atoms with Gasteiger partial charge in [0.1, 0.15) is 0 Å². The van der Waals surface area contributed by atoms with Crippen LogP contribution in [0.2, 0.25) is 0 Å². The molecule has 2 atom stereocenters. The Bertz CT molecular complexity index is 475. The van der Waals surface area contributed by atoms with Crippen LogP contribution in [0.1, 0.15) is 23.8 Å². The van der Waals surface area contributed by atoms with Crippen LogP contribution in [-0.4, -0.2) is 56.2 Å². The van der Waals surface area contributed by atoms with Crippen LogP contribution in [0.3, 0.4) is 0 Å². The Kier molecular flexibility index (Phi) is 4.69. The number of thiophene rings is 1. The predicted molar refractivity (Wildman–Crippen MR) is 88.9 cm³/mol. The van der Waals surface area contributed by atoms with E-state index in [1.165, 1.54) is 44.7 Å². The number of aryl methyl sites for hydroxylation is 1. The molecule has 0 N–H and O–H groups in total. The van der Waals surface area contributed by atoms with E-state index in [1.54, 1.807) is 4.88 Å². The first kappa shape index (κ1) is 15.5. The fraction of sp³-hybridized carbons (Fsp3) is 0.765. The third-order valence-electron chi connectivity index (χ3n) is 5.50. The van der Waals surface area contributed by atoms with E-state index < -0.39 is 0 Å². The van der Waals surface area contributed by atoms with Gasteiger partial charge >= 0.3 is 0 Å². The Morgan fingerprint density at radius 2 is 2.19 bits per heavy atom. The molecule has 4 heteroatoms. The Morgan fingerprint density at radius 3 is 2.86 bits per heavy atom. The van der Waals surface area contributed by atoms with Crippen LogP contribution in [0.15, 0.2) is 11.4 Å². The lowest BCUT2D eigenvalue weighted by molar-refractivity contribution is 0.0959. The maximum Gasteiger partial charge on any atom is 0.0509 e. The lowest BCUT2D eigenvalue weighted by Gasteiger charge is -2.30. The van der Waals surface area contributed by atoms with Gasteiger partial charge in [-0.3, -0.25) is 4.90 Å². The van der Waals surface area contributed by atoms with Crippen molar-refractivity contribution in [1.29, 1.82) is 0 Å². The van der Waals surface area contributed by atoms with E-state index in [9.17, 15) is 0 Å². The van der Waals surface area contributed by atoms with Gasteiger partial charge in [-0.25, -0.2) is 0 Å². The molecule has 3 heterocycles. The highest BCUT2D eigenvalue weighted by Gasteiger charge is 2.49. The van der Waals surface area contributed by atoms with Gasteiger partial charge in [0, 0.05) is 49.5 Å². The smallest absolute Gasteiger partial charge is 0.0509 e. The number of hydrogen-bond donors (Lipinski definition) is 0. The summed E-state index contributed by atoms with van der Waals surface area (Å²) < 4.78 is 5.52. The fourth-order valence-corrected chi connectivity index (χ4v) is 5.11. The quantitative estimate of drug-likeness (QED) is 0.832. The van der Waals surface area contributed by atoms with Gasteiger partial charge in [0.15, 0.2) is 0 Å². The van der Waals surface area contributed by atoms with Gasteiger partial charge in [-0.1, -0.05) is 6.92 Å². The van der Waals surface area contributed by atoms with E-state index in [0.29, 0.717) is 11.3 Å². The maximum atomic E-state index is 5.52. The van der Waals surface area contributed by atoms with Crippen molar-refractivity contribution in [3.63, 3.8) is 0 Å². The van der Waals surface area contributed by atoms with E-state index in [2.05, 4.69) is 35.1 Å². The first-order valence-electron chi connectivity index (χ1n) is 8.13. The standard InChI is InChI=1S/C17H28N2OS/c1-4-18-9-15(11-20-3)17(12-18)6-7-19(13-17)10-16-14(2)5-8-21-16/h5,8,15H,4,6-7,9-13H2,1-3H3/t15-,17+/m0/s1. The van der Waals surface area contributed by atoms with Crippen molar-refractivity contribution in [3.05, 3.63) is 21.9 Å². The molecule has 21 heavy (non-hydrogen) atoms. The molecule has 2 saturated heterocycles. The van der Waals surface area contributed by atoms with Crippen molar-refractivity contribution in [2.75, 3.05) is 46.4 Å². The minimum atomic E-state index is 0.469. The molecule has 0 radical (unpaired) electrons. The van der Waals surface area contributed by atoms with Gasteiger partial charge in [0.2, 0.25) is 0 Å². The first-order chi connectivity index (χ1) is 10.2. The molecule has 0 bridgehead atoms. The van der Waals surface area contributed by atoms with Gasteiger partial charge in [-0.05, 0) is 43.4 Å². The van der Waals surface area contributed by atoms with Gasteiger partial charge in [0.05, 0.1) is 6.61 Å². The summed E-state index contributed by atoms with van der Waals surface area (Å²) >= 11 is 1.91. The summed E-state index contributed by atoms with van der Waals surface area (Å²) in [6.07, 6.45) is 1.34. The number of likely N-dealkylation sites (tertiary alicyclic amines) is 2. The van der Waals surface area contributed by atoms with Crippen molar-refractivity contribution in [2.24, 2.45) is 11.3 Å². The molecule has 3 nitrogen and oxygen atoms in total. The van der Waals surface area contributed by atoms with Crippen LogP contribution in [-0.2, 0) is 11.3 Å². The maximum absolute atomic E-state index is 5.52. The summed E-state index contributed by atoms with van der Waals surface area (Å²) in [6.45, 7) is 12.7. The molecule has 0 unspecified atom stereocenters. The van der Waals surface area contributed by atoms with Crippen molar-refractivity contribution < 1.29 is 4.74 Å². The molecule has 3 rings (SSSR count). The van der Waals surface area contributed by atoms with Gasteiger partial charge in [-0.15, -0.1) is 11.3 Å². The molecule has 0 saturated carbocycles. The third kappa shape index (κ3) is 3.04. The molecule has 1 aromatic heterocycles. The Labute approximate surface area is 132 Å². The Morgan fingerprint density at radius 1 is 1.38 bits per heavy atom. The molecule has 0 aliphatic carbocycles. The Hall–Kier alpha value is -0.420.